The molecule has 3 atom stereocenters. The predicted molar refractivity (Wildman–Crippen MR) is 141 cm³/mol. The summed E-state index contributed by atoms with van der Waals surface area (Å²) in [5, 5.41) is 0.789. The maximum absolute atomic E-state index is 13.1. The van der Waals surface area contributed by atoms with E-state index in [0.29, 0.717) is 17.9 Å². The van der Waals surface area contributed by atoms with Crippen LogP contribution in [0.25, 0.3) is 0 Å². The molecule has 1 saturated carbocycles. The Bertz CT molecular complexity index is 804. The second-order valence-corrected chi connectivity index (χ2v) is 10.9. The molecule has 3 rings (SSSR count). The summed E-state index contributed by atoms with van der Waals surface area (Å²) in [4.78, 5) is 22.6. The minimum absolute atomic E-state index is 0.105. The first kappa shape index (κ1) is 27.0. The van der Waals surface area contributed by atoms with E-state index in [-0.39, 0.29) is 12.0 Å². The third-order valence-corrected chi connectivity index (χ3v) is 8.23. The second-order valence-electron chi connectivity index (χ2n) is 10.5. The molecule has 1 aliphatic heterocycles. The van der Waals surface area contributed by atoms with Crippen LogP contribution in [0.4, 0.5) is 0 Å². The fraction of sp³-hybridized carbons (Fsp3) is 0.714. The topological polar surface area (TPSA) is 45.1 Å². The Morgan fingerprint density at radius 1 is 1.18 bits per heavy atom. The molecule has 1 heterocycles. The highest BCUT2D eigenvalue weighted by Gasteiger charge is 2.52. The minimum Gasteiger partial charge on any atom is -0.467 e. The van der Waals surface area contributed by atoms with Crippen molar-refractivity contribution in [2.45, 2.75) is 89.3 Å². The van der Waals surface area contributed by atoms with Gasteiger partial charge in [-0.25, -0.2) is 4.79 Å². The monoisotopic (exact) mass is 489 g/mol. The Hall–Kier alpha value is -1.59. The standard InChI is InChI=1S/C28H44ClN3O2/c1-6-8-17-28(27(33)34-5)25(32(18-7-2)20-30-28)19-21-9-11-22(12-10-21)26(31(3)4)23-13-15-24(29)16-14-23/h13-16,20-22,25-26H,6-12,17-19H2,1-5H3. The van der Waals surface area contributed by atoms with Gasteiger partial charge < -0.3 is 14.5 Å². The van der Waals surface area contributed by atoms with Crippen molar-refractivity contribution in [2.75, 3.05) is 27.7 Å². The zero-order valence-corrected chi connectivity index (χ0v) is 22.6. The van der Waals surface area contributed by atoms with Crippen LogP contribution >= 0.6 is 11.6 Å². The Kier molecular flexibility index (Phi) is 9.84. The van der Waals surface area contributed by atoms with Gasteiger partial charge in [-0.3, -0.25) is 4.99 Å². The van der Waals surface area contributed by atoms with Crippen molar-refractivity contribution >= 4 is 23.9 Å². The molecule has 0 saturated heterocycles. The first-order valence-corrected chi connectivity index (χ1v) is 13.5. The van der Waals surface area contributed by atoms with Crippen LogP contribution in [0.15, 0.2) is 29.3 Å². The number of hydrogen-bond donors (Lipinski definition) is 0. The van der Waals surface area contributed by atoms with E-state index in [4.69, 9.17) is 21.3 Å². The predicted octanol–water partition coefficient (Wildman–Crippen LogP) is 6.36. The maximum Gasteiger partial charge on any atom is 0.335 e. The molecule has 190 valence electrons. The van der Waals surface area contributed by atoms with E-state index in [9.17, 15) is 4.79 Å². The van der Waals surface area contributed by atoms with Crippen LogP contribution in [0.5, 0.6) is 0 Å². The molecule has 0 N–H and O–H groups in total. The lowest BCUT2D eigenvalue weighted by atomic mass is 9.72. The number of methoxy groups -OCH3 is 1. The molecule has 1 aromatic carbocycles. The van der Waals surface area contributed by atoms with E-state index >= 15 is 0 Å². The Balaban J connectivity index is 1.71. The lowest BCUT2D eigenvalue weighted by Gasteiger charge is -2.41. The Labute approximate surface area is 211 Å². The summed E-state index contributed by atoms with van der Waals surface area (Å²) in [6.45, 7) is 5.30. The number of ether oxygens (including phenoxy) is 1. The van der Waals surface area contributed by atoms with Gasteiger partial charge in [-0.05, 0) is 75.7 Å². The third kappa shape index (κ3) is 5.96. The largest absolute Gasteiger partial charge is 0.467 e. The van der Waals surface area contributed by atoms with Crippen molar-refractivity contribution in [3.05, 3.63) is 34.9 Å². The van der Waals surface area contributed by atoms with Crippen molar-refractivity contribution in [3.63, 3.8) is 0 Å². The number of nitrogens with zero attached hydrogens (tertiary/aromatic N) is 3. The molecule has 0 amide bonds. The molecule has 3 unspecified atom stereocenters. The number of carbonyl (C=O) groups is 1. The zero-order chi connectivity index (χ0) is 24.7. The van der Waals surface area contributed by atoms with Crippen LogP contribution < -0.4 is 0 Å². The van der Waals surface area contributed by atoms with Gasteiger partial charge in [0.25, 0.3) is 0 Å². The number of rotatable bonds is 11. The smallest absolute Gasteiger partial charge is 0.335 e. The van der Waals surface area contributed by atoms with Crippen molar-refractivity contribution in [3.8, 4) is 0 Å². The first-order valence-electron chi connectivity index (χ1n) is 13.2. The SMILES string of the molecule is CCCCC1(C(=O)OC)N=CN(CCC)C1CC1CCC(C(c2ccc(Cl)cc2)N(C)C)CC1. The van der Waals surface area contributed by atoms with Crippen LogP contribution in [0.2, 0.25) is 5.02 Å². The summed E-state index contributed by atoms with van der Waals surface area (Å²) in [5.41, 5.74) is 0.604. The van der Waals surface area contributed by atoms with E-state index in [2.05, 4.69) is 49.9 Å². The first-order chi connectivity index (χ1) is 16.4. The molecule has 6 heteroatoms. The molecule has 1 aliphatic carbocycles. The van der Waals surface area contributed by atoms with Gasteiger partial charge in [-0.2, -0.15) is 0 Å². The van der Waals surface area contributed by atoms with Crippen molar-refractivity contribution in [2.24, 2.45) is 16.8 Å². The highest BCUT2D eigenvalue weighted by Crippen LogP contribution is 2.43. The number of aliphatic imine (C=N–C) groups is 1. The number of esters is 1. The highest BCUT2D eigenvalue weighted by atomic mass is 35.5. The van der Waals surface area contributed by atoms with Gasteiger partial charge in [-0.15, -0.1) is 0 Å². The molecule has 2 aliphatic rings. The maximum atomic E-state index is 13.1. The van der Waals surface area contributed by atoms with Gasteiger partial charge in [0, 0.05) is 17.6 Å². The molecule has 0 radical (unpaired) electrons. The molecule has 1 aromatic rings. The molecular formula is C28H44ClN3O2. The average Bonchev–Trinajstić information content (AvgIpc) is 3.17. The van der Waals surface area contributed by atoms with Gasteiger partial charge in [0.2, 0.25) is 0 Å². The van der Waals surface area contributed by atoms with Crippen LogP contribution in [-0.4, -0.2) is 61.4 Å². The average molecular weight is 490 g/mol. The lowest BCUT2D eigenvalue weighted by molar-refractivity contribution is -0.149. The number of unbranched alkanes of at least 4 members (excludes halogenated alkanes) is 1. The van der Waals surface area contributed by atoms with Gasteiger partial charge in [0.1, 0.15) is 0 Å². The van der Waals surface area contributed by atoms with Gasteiger partial charge in [0.15, 0.2) is 5.54 Å². The van der Waals surface area contributed by atoms with E-state index in [1.165, 1.54) is 38.4 Å². The molecule has 0 spiro atoms. The third-order valence-electron chi connectivity index (χ3n) is 7.98. The molecular weight excluding hydrogens is 446 g/mol. The second kappa shape index (κ2) is 12.4. The minimum atomic E-state index is -0.744. The summed E-state index contributed by atoms with van der Waals surface area (Å²) < 4.78 is 5.32. The molecule has 0 bridgehead atoms. The van der Waals surface area contributed by atoms with Gasteiger partial charge >= 0.3 is 5.97 Å². The highest BCUT2D eigenvalue weighted by molar-refractivity contribution is 6.30. The summed E-state index contributed by atoms with van der Waals surface area (Å²) in [7, 11) is 5.87. The number of carbonyl (C=O) groups excluding carboxylic acids is 1. The summed E-state index contributed by atoms with van der Waals surface area (Å²) in [5.74, 6) is 1.08. The van der Waals surface area contributed by atoms with Crippen molar-refractivity contribution < 1.29 is 9.53 Å². The van der Waals surface area contributed by atoms with E-state index in [1.807, 2.05) is 18.5 Å². The number of benzene rings is 1. The summed E-state index contributed by atoms with van der Waals surface area (Å²) in [6.07, 6.45) is 11.6. The molecule has 0 aromatic heterocycles. The van der Waals surface area contributed by atoms with Crippen LogP contribution in [-0.2, 0) is 9.53 Å². The van der Waals surface area contributed by atoms with Gasteiger partial charge in [-0.1, -0.05) is 63.3 Å². The summed E-state index contributed by atoms with van der Waals surface area (Å²) in [6, 6.07) is 8.87. The normalized spacial score (nSPS) is 27.9. The molecule has 1 fully saturated rings. The quantitative estimate of drug-likeness (QED) is 0.339. The molecule has 5 nitrogen and oxygen atoms in total. The van der Waals surface area contributed by atoms with Crippen molar-refractivity contribution in [1.82, 2.24) is 9.80 Å². The van der Waals surface area contributed by atoms with Crippen LogP contribution in [0, 0.1) is 11.8 Å². The Morgan fingerprint density at radius 3 is 2.41 bits per heavy atom. The zero-order valence-electron chi connectivity index (χ0n) is 21.8. The van der Waals surface area contributed by atoms with E-state index in [0.717, 1.165) is 43.7 Å². The lowest BCUT2D eigenvalue weighted by Crippen LogP contribution is -2.52. The fourth-order valence-electron chi connectivity index (χ4n) is 6.27. The fourth-order valence-corrected chi connectivity index (χ4v) is 6.40. The van der Waals surface area contributed by atoms with E-state index < -0.39 is 5.54 Å². The van der Waals surface area contributed by atoms with Crippen LogP contribution in [0.1, 0.15) is 83.2 Å². The summed E-state index contributed by atoms with van der Waals surface area (Å²) >= 11 is 6.14. The van der Waals surface area contributed by atoms with Crippen LogP contribution in [0.3, 0.4) is 0 Å². The van der Waals surface area contributed by atoms with Gasteiger partial charge in [0.05, 0.1) is 19.5 Å². The molecule has 34 heavy (non-hydrogen) atoms. The van der Waals surface area contributed by atoms with E-state index in [1.54, 1.807) is 0 Å². The Morgan fingerprint density at radius 2 is 1.85 bits per heavy atom. The number of halogens is 1. The number of hydrogen-bond acceptors (Lipinski definition) is 5. The van der Waals surface area contributed by atoms with Crippen molar-refractivity contribution in [1.29, 1.82) is 0 Å².